The van der Waals surface area contributed by atoms with Gasteiger partial charge in [-0.1, -0.05) is 0 Å². The standard InChI is InChI=1S/C13H11F3N2O6S.Na.H/c14-13(15,16)10-5-18(12(20)17-11(10)25(21,22)23)7-24-9-3-1-8(6-19)2-4-9;;/h1-6,11H,7H2,(H,17,20)(H,21,22,23);;. The van der Waals surface area contributed by atoms with Gasteiger partial charge in [-0.15, -0.1) is 0 Å². The van der Waals surface area contributed by atoms with E-state index < -0.39 is 40.0 Å². The predicted molar refractivity (Wildman–Crippen MR) is 84.3 cm³/mol. The van der Waals surface area contributed by atoms with Gasteiger partial charge >= 0.3 is 41.8 Å². The first-order valence-corrected chi connectivity index (χ1v) is 8.03. The van der Waals surface area contributed by atoms with Crippen molar-refractivity contribution in [3.8, 4) is 5.75 Å². The third kappa shape index (κ3) is 5.45. The number of rotatable bonds is 5. The Bertz CT molecular complexity index is 810. The first kappa shape index (κ1) is 22.4. The Kier molecular flexibility index (Phi) is 7.24. The van der Waals surface area contributed by atoms with Crippen molar-refractivity contribution in [1.29, 1.82) is 0 Å². The van der Waals surface area contributed by atoms with E-state index in [-0.39, 0.29) is 41.5 Å². The van der Waals surface area contributed by atoms with Crippen molar-refractivity contribution in [3.63, 3.8) is 0 Å². The molecule has 0 saturated carbocycles. The molecule has 1 aliphatic heterocycles. The van der Waals surface area contributed by atoms with Gasteiger partial charge in [0.25, 0.3) is 10.1 Å². The molecule has 1 aromatic carbocycles. The number of hydrogen-bond donors (Lipinski definition) is 2. The molecule has 0 fully saturated rings. The topological polar surface area (TPSA) is 113 Å². The quantitative estimate of drug-likeness (QED) is 0.428. The fraction of sp³-hybridized carbons (Fsp3) is 0.231. The molecule has 1 aromatic rings. The van der Waals surface area contributed by atoms with E-state index in [1.807, 2.05) is 0 Å². The van der Waals surface area contributed by atoms with Gasteiger partial charge in [-0.25, -0.2) is 4.79 Å². The Morgan fingerprint density at radius 3 is 2.31 bits per heavy atom. The van der Waals surface area contributed by atoms with Gasteiger partial charge in [0, 0.05) is 11.8 Å². The number of benzene rings is 1. The van der Waals surface area contributed by atoms with Crippen molar-refractivity contribution in [2.24, 2.45) is 0 Å². The Labute approximate surface area is 168 Å². The molecule has 26 heavy (non-hydrogen) atoms. The average Bonchev–Trinajstić information content (AvgIpc) is 2.52. The van der Waals surface area contributed by atoms with E-state index in [0.29, 0.717) is 16.7 Å². The molecule has 1 unspecified atom stereocenters. The molecule has 2 rings (SSSR count). The second-order valence-electron chi connectivity index (χ2n) is 4.86. The molecule has 1 atom stereocenters. The summed E-state index contributed by atoms with van der Waals surface area (Å²) in [7, 11) is -5.21. The van der Waals surface area contributed by atoms with Gasteiger partial charge in [-0.3, -0.25) is 14.2 Å². The summed E-state index contributed by atoms with van der Waals surface area (Å²) in [6, 6.07) is 4.30. The zero-order valence-electron chi connectivity index (χ0n) is 12.2. The fourth-order valence-electron chi connectivity index (χ4n) is 1.91. The molecule has 13 heteroatoms. The Morgan fingerprint density at radius 2 is 1.85 bits per heavy atom. The molecule has 0 aromatic heterocycles. The van der Waals surface area contributed by atoms with Crippen LogP contribution >= 0.6 is 0 Å². The minimum atomic E-state index is -5.21. The molecule has 2 amide bonds. The van der Waals surface area contributed by atoms with Crippen LogP contribution in [0.5, 0.6) is 5.75 Å². The second-order valence-corrected chi connectivity index (χ2v) is 6.36. The van der Waals surface area contributed by atoms with E-state index in [4.69, 9.17) is 9.29 Å². The third-order valence-electron chi connectivity index (χ3n) is 3.10. The summed E-state index contributed by atoms with van der Waals surface area (Å²) in [6.07, 6.45) is -4.29. The van der Waals surface area contributed by atoms with Gasteiger partial charge in [-0.2, -0.15) is 21.6 Å². The summed E-state index contributed by atoms with van der Waals surface area (Å²) < 4.78 is 75.0. The molecule has 0 saturated heterocycles. The van der Waals surface area contributed by atoms with Crippen LogP contribution in [-0.2, 0) is 10.1 Å². The molecule has 0 aliphatic carbocycles. The van der Waals surface area contributed by atoms with Crippen LogP contribution in [0.2, 0.25) is 0 Å². The normalized spacial score (nSPS) is 17.7. The van der Waals surface area contributed by atoms with Crippen LogP contribution < -0.4 is 10.1 Å². The van der Waals surface area contributed by atoms with Crippen LogP contribution in [0, 0.1) is 0 Å². The van der Waals surface area contributed by atoms with Gasteiger partial charge in [-0.05, 0) is 24.3 Å². The molecule has 8 nitrogen and oxygen atoms in total. The van der Waals surface area contributed by atoms with E-state index in [9.17, 15) is 31.2 Å². The second kappa shape index (κ2) is 8.39. The first-order chi connectivity index (χ1) is 11.5. The molecule has 0 spiro atoms. The van der Waals surface area contributed by atoms with E-state index in [2.05, 4.69) is 0 Å². The number of carbonyl (C=O) groups is 2. The number of halogens is 3. The molecular formula is C13H12F3N2NaO6S. The van der Waals surface area contributed by atoms with Crippen molar-refractivity contribution in [3.05, 3.63) is 41.6 Å². The SMILES string of the molecule is O=Cc1ccc(OCN2C=C(C(F)(F)F)C(S(=O)(=O)O)NC2=O)cc1.[NaH]. The van der Waals surface area contributed by atoms with E-state index in [1.165, 1.54) is 24.3 Å². The number of alkyl halides is 3. The van der Waals surface area contributed by atoms with Crippen molar-refractivity contribution in [2.75, 3.05) is 6.73 Å². The van der Waals surface area contributed by atoms with Crippen molar-refractivity contribution in [1.82, 2.24) is 10.2 Å². The van der Waals surface area contributed by atoms with Crippen LogP contribution in [0.25, 0.3) is 0 Å². The third-order valence-corrected chi connectivity index (χ3v) is 4.07. The van der Waals surface area contributed by atoms with Crippen LogP contribution in [0.4, 0.5) is 18.0 Å². The first-order valence-electron chi connectivity index (χ1n) is 6.53. The van der Waals surface area contributed by atoms with Gasteiger partial charge in [0.15, 0.2) is 12.1 Å². The van der Waals surface area contributed by atoms with Crippen LogP contribution in [0.15, 0.2) is 36.0 Å². The van der Waals surface area contributed by atoms with E-state index in [0.717, 1.165) is 0 Å². The zero-order valence-corrected chi connectivity index (χ0v) is 13.0. The molecule has 0 radical (unpaired) electrons. The molecule has 2 N–H and O–H groups in total. The number of amides is 2. The molecule has 1 aliphatic rings. The van der Waals surface area contributed by atoms with Gasteiger partial charge in [0.1, 0.15) is 12.0 Å². The molecular weight excluding hydrogens is 392 g/mol. The Hall–Kier alpha value is -1.60. The number of aldehydes is 1. The van der Waals surface area contributed by atoms with Crippen molar-refractivity contribution < 1.29 is 40.5 Å². The van der Waals surface area contributed by atoms with Crippen molar-refractivity contribution >= 4 is 52.0 Å². The maximum absolute atomic E-state index is 13.0. The summed E-state index contributed by atoms with van der Waals surface area (Å²) in [5.41, 5.74) is -1.33. The molecule has 138 valence electrons. The number of urea groups is 1. The zero-order chi connectivity index (χ0) is 18.8. The molecule has 0 bridgehead atoms. The van der Waals surface area contributed by atoms with E-state index in [1.54, 1.807) is 5.32 Å². The summed E-state index contributed by atoms with van der Waals surface area (Å²) in [6.45, 7) is -0.663. The van der Waals surface area contributed by atoms with Gasteiger partial charge in [0.05, 0.1) is 5.57 Å². The summed E-state index contributed by atoms with van der Waals surface area (Å²) in [5.74, 6) is 0.164. The van der Waals surface area contributed by atoms with Crippen LogP contribution in [0.1, 0.15) is 10.4 Å². The monoisotopic (exact) mass is 404 g/mol. The van der Waals surface area contributed by atoms with Crippen LogP contribution in [-0.4, -0.2) is 78.0 Å². The maximum atomic E-state index is 13.0. The summed E-state index contributed by atoms with van der Waals surface area (Å²) in [4.78, 5) is 22.7. The van der Waals surface area contributed by atoms with Crippen LogP contribution in [0.3, 0.4) is 0 Å². The summed E-state index contributed by atoms with van der Waals surface area (Å²) >= 11 is 0. The van der Waals surface area contributed by atoms with Gasteiger partial charge < -0.3 is 10.1 Å². The molecule has 1 heterocycles. The summed E-state index contributed by atoms with van der Waals surface area (Å²) in [5, 5.41) is -1.07. The Morgan fingerprint density at radius 1 is 1.27 bits per heavy atom. The van der Waals surface area contributed by atoms with E-state index >= 15 is 0 Å². The number of ether oxygens (including phenoxy) is 1. The average molecular weight is 404 g/mol. The van der Waals surface area contributed by atoms with Gasteiger partial charge in [0.2, 0.25) is 0 Å². The number of carbonyl (C=O) groups excluding carboxylic acids is 2. The number of hydrogen-bond acceptors (Lipinski definition) is 5. The number of nitrogens with one attached hydrogen (secondary N) is 1. The predicted octanol–water partition coefficient (Wildman–Crippen LogP) is 0.872. The van der Waals surface area contributed by atoms with Crippen molar-refractivity contribution in [2.45, 2.75) is 11.6 Å². The minimum absolute atomic E-state index is 0. The fourth-order valence-corrected chi connectivity index (χ4v) is 2.67. The Balaban J connectivity index is 0.00000338. The number of nitrogens with zero attached hydrogens (tertiary/aromatic N) is 1.